The van der Waals surface area contributed by atoms with Crippen LogP contribution in [0.15, 0.2) is 36.4 Å². The Hall–Kier alpha value is -2.03. The monoisotopic (exact) mass is 199 g/mol. The van der Waals surface area contributed by atoms with Crippen LogP contribution in [0, 0.1) is 0 Å². The number of hydrogen-bond donors (Lipinski definition) is 0. The van der Waals surface area contributed by atoms with Gasteiger partial charge in [0.25, 0.3) is 0 Å². The van der Waals surface area contributed by atoms with E-state index < -0.39 is 5.92 Å². The van der Waals surface area contributed by atoms with Crippen LogP contribution < -0.4 is 0 Å². The van der Waals surface area contributed by atoms with E-state index in [9.17, 15) is 9.59 Å². The molecule has 0 radical (unpaired) electrons. The second-order valence-corrected chi connectivity index (χ2v) is 3.23. The third-order valence-electron chi connectivity index (χ3n) is 2.25. The number of benzene rings is 1. The first-order valence-electron chi connectivity index (χ1n) is 4.61. The lowest BCUT2D eigenvalue weighted by Crippen LogP contribution is -2.03. The number of aromatic nitrogens is 1. The highest BCUT2D eigenvalue weighted by atomic mass is 16.1. The lowest BCUT2D eigenvalue weighted by molar-refractivity contribution is -0.116. The van der Waals surface area contributed by atoms with Gasteiger partial charge in [-0.05, 0) is 12.1 Å². The van der Waals surface area contributed by atoms with Gasteiger partial charge in [-0.2, -0.15) is 0 Å². The topological polar surface area (TPSA) is 47.0 Å². The van der Waals surface area contributed by atoms with Crippen molar-refractivity contribution in [1.29, 1.82) is 0 Å². The molecule has 0 aliphatic carbocycles. The molecule has 3 nitrogen and oxygen atoms in total. The van der Waals surface area contributed by atoms with Gasteiger partial charge in [0.05, 0.1) is 11.2 Å². The van der Waals surface area contributed by atoms with Gasteiger partial charge in [-0.1, -0.05) is 24.3 Å². The largest absolute Gasteiger partial charge is 0.302 e. The minimum absolute atomic E-state index is 0.499. The summed E-state index contributed by atoms with van der Waals surface area (Å²) >= 11 is 0. The Morgan fingerprint density at radius 2 is 1.73 bits per heavy atom. The quantitative estimate of drug-likeness (QED) is 0.558. The highest BCUT2D eigenvalue weighted by Crippen LogP contribution is 2.15. The van der Waals surface area contributed by atoms with E-state index in [1.165, 1.54) is 0 Å². The van der Waals surface area contributed by atoms with Gasteiger partial charge < -0.3 is 9.59 Å². The van der Waals surface area contributed by atoms with Gasteiger partial charge >= 0.3 is 0 Å². The molecule has 0 N–H and O–H groups in total. The molecule has 0 unspecified atom stereocenters. The fourth-order valence-corrected chi connectivity index (χ4v) is 1.44. The van der Waals surface area contributed by atoms with Gasteiger partial charge in [0.1, 0.15) is 18.5 Å². The summed E-state index contributed by atoms with van der Waals surface area (Å²) in [6, 6.07) is 11.1. The molecule has 0 bridgehead atoms. The summed E-state index contributed by atoms with van der Waals surface area (Å²) < 4.78 is 0. The van der Waals surface area contributed by atoms with Crippen molar-refractivity contribution in [2.45, 2.75) is 5.92 Å². The zero-order chi connectivity index (χ0) is 10.7. The van der Waals surface area contributed by atoms with Gasteiger partial charge in [0.2, 0.25) is 0 Å². The average Bonchev–Trinajstić information content (AvgIpc) is 2.30. The summed E-state index contributed by atoms with van der Waals surface area (Å²) in [6.07, 6.45) is 1.20. The third-order valence-corrected chi connectivity index (χ3v) is 2.25. The Morgan fingerprint density at radius 1 is 1.00 bits per heavy atom. The van der Waals surface area contributed by atoms with Crippen LogP contribution in [0.5, 0.6) is 0 Å². The number of pyridine rings is 1. The number of carbonyl (C=O) groups is 2. The van der Waals surface area contributed by atoms with E-state index in [1.807, 2.05) is 30.3 Å². The minimum Gasteiger partial charge on any atom is -0.302 e. The molecule has 1 aromatic carbocycles. The summed E-state index contributed by atoms with van der Waals surface area (Å²) in [4.78, 5) is 25.5. The molecular formula is C12H9NO2. The Balaban J connectivity index is 2.55. The first kappa shape index (κ1) is 9.52. The van der Waals surface area contributed by atoms with E-state index in [4.69, 9.17) is 0 Å². The maximum Gasteiger partial charge on any atom is 0.136 e. The molecule has 0 aliphatic rings. The van der Waals surface area contributed by atoms with Crippen LogP contribution in [0.2, 0.25) is 0 Å². The SMILES string of the molecule is O=CC(C=O)c1ccc2ccccc2n1. The van der Waals surface area contributed by atoms with E-state index in [-0.39, 0.29) is 0 Å². The van der Waals surface area contributed by atoms with E-state index in [1.54, 1.807) is 6.07 Å². The molecule has 15 heavy (non-hydrogen) atoms. The van der Waals surface area contributed by atoms with Crippen molar-refractivity contribution in [3.63, 3.8) is 0 Å². The second-order valence-electron chi connectivity index (χ2n) is 3.23. The van der Waals surface area contributed by atoms with Crippen LogP contribution >= 0.6 is 0 Å². The third kappa shape index (κ3) is 1.76. The predicted molar refractivity (Wildman–Crippen MR) is 56.6 cm³/mol. The molecule has 74 valence electrons. The standard InChI is InChI=1S/C12H9NO2/c14-7-10(8-15)12-6-5-9-3-1-2-4-11(9)13-12/h1-8,10H. The van der Waals surface area contributed by atoms with Crippen LogP contribution in [0.4, 0.5) is 0 Å². The zero-order valence-electron chi connectivity index (χ0n) is 7.96. The van der Waals surface area contributed by atoms with Crippen LogP contribution in [-0.2, 0) is 9.59 Å². The molecule has 0 saturated carbocycles. The number of hydrogen-bond acceptors (Lipinski definition) is 3. The highest BCUT2D eigenvalue weighted by Gasteiger charge is 2.10. The maximum atomic E-state index is 10.6. The lowest BCUT2D eigenvalue weighted by Gasteiger charge is -2.03. The molecule has 1 aromatic heterocycles. The van der Waals surface area contributed by atoms with E-state index in [0.29, 0.717) is 18.3 Å². The average molecular weight is 199 g/mol. The Labute approximate surface area is 86.8 Å². The van der Waals surface area contributed by atoms with Gasteiger partial charge in [0.15, 0.2) is 0 Å². The number of aldehydes is 2. The number of nitrogens with zero attached hydrogens (tertiary/aromatic N) is 1. The number of para-hydroxylation sites is 1. The first-order chi connectivity index (χ1) is 7.35. The summed E-state index contributed by atoms with van der Waals surface area (Å²) in [5, 5.41) is 0.997. The molecule has 2 rings (SSSR count). The molecule has 0 saturated heterocycles. The molecule has 1 heterocycles. The normalized spacial score (nSPS) is 10.5. The van der Waals surface area contributed by atoms with Gasteiger partial charge in [-0.15, -0.1) is 0 Å². The molecule has 3 heteroatoms. The van der Waals surface area contributed by atoms with Gasteiger partial charge in [0, 0.05) is 5.39 Å². The molecular weight excluding hydrogens is 190 g/mol. The van der Waals surface area contributed by atoms with Gasteiger partial charge in [-0.25, -0.2) is 0 Å². The van der Waals surface area contributed by atoms with E-state index in [2.05, 4.69) is 4.98 Å². The smallest absolute Gasteiger partial charge is 0.136 e. The number of carbonyl (C=O) groups excluding carboxylic acids is 2. The Kier molecular flexibility index (Phi) is 2.54. The minimum atomic E-state index is -0.755. The molecule has 0 fully saturated rings. The van der Waals surface area contributed by atoms with Crippen molar-refractivity contribution < 1.29 is 9.59 Å². The molecule has 0 aliphatic heterocycles. The van der Waals surface area contributed by atoms with Crippen molar-refractivity contribution in [2.75, 3.05) is 0 Å². The summed E-state index contributed by atoms with van der Waals surface area (Å²) in [5.74, 6) is -0.755. The first-order valence-corrected chi connectivity index (χ1v) is 4.61. The van der Waals surface area contributed by atoms with Gasteiger partial charge in [-0.3, -0.25) is 4.98 Å². The predicted octanol–water partition coefficient (Wildman–Crippen LogP) is 1.72. The van der Waals surface area contributed by atoms with Crippen LogP contribution in [-0.4, -0.2) is 17.6 Å². The maximum absolute atomic E-state index is 10.6. The molecule has 2 aromatic rings. The van der Waals surface area contributed by atoms with Crippen molar-refractivity contribution in [3.8, 4) is 0 Å². The lowest BCUT2D eigenvalue weighted by atomic mass is 10.1. The highest BCUT2D eigenvalue weighted by molar-refractivity contribution is 5.86. The summed E-state index contributed by atoms with van der Waals surface area (Å²) in [6.45, 7) is 0. The van der Waals surface area contributed by atoms with Crippen molar-refractivity contribution in [3.05, 3.63) is 42.1 Å². The fraction of sp³-hybridized carbons (Fsp3) is 0.0833. The summed E-state index contributed by atoms with van der Waals surface area (Å²) in [5.41, 5.74) is 1.29. The number of rotatable bonds is 3. The molecule has 0 amide bonds. The van der Waals surface area contributed by atoms with Crippen LogP contribution in [0.3, 0.4) is 0 Å². The zero-order valence-corrected chi connectivity index (χ0v) is 7.96. The van der Waals surface area contributed by atoms with Crippen molar-refractivity contribution in [1.82, 2.24) is 4.98 Å². The molecule has 0 atom stereocenters. The van der Waals surface area contributed by atoms with Crippen LogP contribution in [0.1, 0.15) is 11.6 Å². The Bertz CT molecular complexity index is 500. The summed E-state index contributed by atoms with van der Waals surface area (Å²) in [7, 11) is 0. The van der Waals surface area contributed by atoms with Crippen molar-refractivity contribution in [2.24, 2.45) is 0 Å². The number of fused-ring (bicyclic) bond motifs is 1. The molecule has 0 spiro atoms. The fourth-order valence-electron chi connectivity index (χ4n) is 1.44. The Morgan fingerprint density at radius 3 is 2.47 bits per heavy atom. The van der Waals surface area contributed by atoms with E-state index >= 15 is 0 Å². The van der Waals surface area contributed by atoms with E-state index in [0.717, 1.165) is 10.9 Å². The van der Waals surface area contributed by atoms with Crippen molar-refractivity contribution >= 4 is 23.5 Å². The second kappa shape index (κ2) is 4.00. The van der Waals surface area contributed by atoms with Crippen LogP contribution in [0.25, 0.3) is 10.9 Å².